The van der Waals surface area contributed by atoms with E-state index in [0.29, 0.717) is 5.69 Å². The molecule has 0 aliphatic heterocycles. The molecule has 1 unspecified atom stereocenters. The highest BCUT2D eigenvalue weighted by molar-refractivity contribution is 7.09. The van der Waals surface area contributed by atoms with E-state index in [0.717, 1.165) is 10.6 Å². The van der Waals surface area contributed by atoms with Crippen molar-refractivity contribution in [1.29, 1.82) is 0 Å². The zero-order valence-electron chi connectivity index (χ0n) is 11.4. The Bertz CT molecular complexity index is 627. The number of aryl methyl sites for hydroxylation is 1. The third-order valence-corrected chi connectivity index (χ3v) is 4.05. The molecule has 0 aliphatic rings. The van der Waals surface area contributed by atoms with Crippen molar-refractivity contribution in [3.8, 4) is 5.75 Å². The summed E-state index contributed by atoms with van der Waals surface area (Å²) in [5.74, 6) is 0.252. The fraction of sp³-hybridized carbons (Fsp3) is 0.308. The molecule has 1 N–H and O–H groups in total. The van der Waals surface area contributed by atoms with Crippen molar-refractivity contribution < 1.29 is 9.66 Å². The first-order valence-corrected chi connectivity index (χ1v) is 6.90. The van der Waals surface area contributed by atoms with Crippen molar-refractivity contribution in [3.63, 3.8) is 0 Å². The van der Waals surface area contributed by atoms with E-state index in [2.05, 4.69) is 10.3 Å². The van der Waals surface area contributed by atoms with Gasteiger partial charge in [-0.15, -0.1) is 11.3 Å². The summed E-state index contributed by atoms with van der Waals surface area (Å²) in [5, 5.41) is 14.2. The molecule has 0 spiro atoms. The molecule has 0 saturated heterocycles. The number of nitro groups is 1. The molecule has 1 aromatic heterocycles. The molecule has 0 saturated carbocycles. The van der Waals surface area contributed by atoms with Gasteiger partial charge in [0.15, 0.2) is 5.75 Å². The highest BCUT2D eigenvalue weighted by atomic mass is 32.1. The number of nitrogens with one attached hydrogen (secondary N) is 1. The number of ether oxygens (including phenoxy) is 1. The smallest absolute Gasteiger partial charge is 0.312 e. The Hall–Kier alpha value is -2.15. The van der Waals surface area contributed by atoms with E-state index >= 15 is 0 Å². The van der Waals surface area contributed by atoms with Crippen LogP contribution in [0.3, 0.4) is 0 Å². The molecular formula is C13H15N3O3S. The van der Waals surface area contributed by atoms with Crippen LogP contribution >= 0.6 is 11.3 Å². The standard InChI is InChI=1S/C13H15N3O3S/c1-8-13(20-7-14-8)9(2)15-10-4-5-12(19-3)11(6-10)16(17)18/h4-7,9,15H,1-3H3. The Morgan fingerprint density at radius 2 is 2.25 bits per heavy atom. The molecule has 106 valence electrons. The van der Waals surface area contributed by atoms with E-state index in [1.807, 2.05) is 13.8 Å². The van der Waals surface area contributed by atoms with Gasteiger partial charge in [0.05, 0.1) is 29.3 Å². The summed E-state index contributed by atoms with van der Waals surface area (Å²) in [7, 11) is 1.42. The lowest BCUT2D eigenvalue weighted by atomic mass is 10.2. The van der Waals surface area contributed by atoms with Crippen molar-refractivity contribution in [2.75, 3.05) is 12.4 Å². The first-order valence-electron chi connectivity index (χ1n) is 6.02. The number of nitro benzene ring substituents is 1. The highest BCUT2D eigenvalue weighted by Gasteiger charge is 2.17. The van der Waals surface area contributed by atoms with Gasteiger partial charge in [-0.3, -0.25) is 10.1 Å². The average molecular weight is 293 g/mol. The van der Waals surface area contributed by atoms with Crippen LogP contribution in [0.15, 0.2) is 23.7 Å². The molecule has 0 bridgehead atoms. The first kappa shape index (κ1) is 14.3. The van der Waals surface area contributed by atoms with Gasteiger partial charge in [0, 0.05) is 16.6 Å². The minimum absolute atomic E-state index is 0.0375. The largest absolute Gasteiger partial charge is 0.490 e. The fourth-order valence-corrected chi connectivity index (χ4v) is 2.78. The number of hydrogen-bond acceptors (Lipinski definition) is 6. The van der Waals surface area contributed by atoms with Crippen LogP contribution in [-0.4, -0.2) is 17.0 Å². The lowest BCUT2D eigenvalue weighted by Crippen LogP contribution is -2.07. The van der Waals surface area contributed by atoms with Crippen LogP contribution < -0.4 is 10.1 Å². The van der Waals surface area contributed by atoms with E-state index in [1.54, 1.807) is 29.0 Å². The Kier molecular flexibility index (Phi) is 4.19. The van der Waals surface area contributed by atoms with Gasteiger partial charge in [0.1, 0.15) is 0 Å². The zero-order valence-corrected chi connectivity index (χ0v) is 12.2. The number of hydrogen-bond donors (Lipinski definition) is 1. The number of methoxy groups -OCH3 is 1. The predicted molar refractivity (Wildman–Crippen MR) is 78.5 cm³/mol. The Morgan fingerprint density at radius 3 is 2.80 bits per heavy atom. The number of aromatic nitrogens is 1. The van der Waals surface area contributed by atoms with E-state index in [1.165, 1.54) is 13.2 Å². The fourth-order valence-electron chi connectivity index (χ4n) is 1.96. The minimum Gasteiger partial charge on any atom is -0.490 e. The molecule has 0 radical (unpaired) electrons. The first-order chi connectivity index (χ1) is 9.52. The third-order valence-electron chi connectivity index (χ3n) is 2.93. The number of nitrogens with zero attached hydrogens (tertiary/aromatic N) is 2. The van der Waals surface area contributed by atoms with E-state index < -0.39 is 4.92 Å². The second-order valence-corrected chi connectivity index (χ2v) is 5.20. The maximum absolute atomic E-state index is 11.0. The van der Waals surface area contributed by atoms with E-state index in [9.17, 15) is 10.1 Å². The third kappa shape index (κ3) is 2.88. The van der Waals surface area contributed by atoms with Gasteiger partial charge in [-0.25, -0.2) is 4.98 Å². The van der Waals surface area contributed by atoms with Crippen molar-refractivity contribution >= 4 is 22.7 Å². The van der Waals surface area contributed by atoms with Gasteiger partial charge in [-0.05, 0) is 26.0 Å². The lowest BCUT2D eigenvalue weighted by Gasteiger charge is -2.14. The monoisotopic (exact) mass is 293 g/mol. The molecule has 7 heteroatoms. The van der Waals surface area contributed by atoms with Gasteiger partial charge in [0.2, 0.25) is 0 Å². The Morgan fingerprint density at radius 1 is 1.50 bits per heavy atom. The van der Waals surface area contributed by atoms with Crippen molar-refractivity contribution in [2.24, 2.45) is 0 Å². The molecule has 2 aromatic rings. The average Bonchev–Trinajstić information content (AvgIpc) is 2.85. The summed E-state index contributed by atoms with van der Waals surface area (Å²) in [6, 6.07) is 4.87. The number of thiazole rings is 1. The normalized spacial score (nSPS) is 11.9. The summed E-state index contributed by atoms with van der Waals surface area (Å²) >= 11 is 1.56. The molecule has 1 atom stereocenters. The lowest BCUT2D eigenvalue weighted by molar-refractivity contribution is -0.385. The molecule has 0 aliphatic carbocycles. The molecular weight excluding hydrogens is 278 g/mol. The minimum atomic E-state index is -0.452. The van der Waals surface area contributed by atoms with Gasteiger partial charge in [-0.1, -0.05) is 0 Å². The van der Waals surface area contributed by atoms with Crippen LogP contribution in [0.1, 0.15) is 23.5 Å². The van der Waals surface area contributed by atoms with Crippen LogP contribution in [-0.2, 0) is 0 Å². The van der Waals surface area contributed by atoms with Crippen LogP contribution in [0.25, 0.3) is 0 Å². The summed E-state index contributed by atoms with van der Waals surface area (Å²) in [5.41, 5.74) is 3.39. The maximum Gasteiger partial charge on any atom is 0.312 e. The number of benzene rings is 1. The van der Waals surface area contributed by atoms with E-state index in [-0.39, 0.29) is 17.5 Å². The molecule has 6 nitrogen and oxygen atoms in total. The van der Waals surface area contributed by atoms with Gasteiger partial charge >= 0.3 is 5.69 Å². The molecule has 1 heterocycles. The summed E-state index contributed by atoms with van der Waals surface area (Å²) in [6.07, 6.45) is 0. The van der Waals surface area contributed by atoms with Gasteiger partial charge in [-0.2, -0.15) is 0 Å². The van der Waals surface area contributed by atoms with Crippen molar-refractivity contribution in [2.45, 2.75) is 19.9 Å². The van der Waals surface area contributed by atoms with Gasteiger partial charge < -0.3 is 10.1 Å². The Balaban J connectivity index is 2.24. The molecule has 1 aromatic carbocycles. The molecule has 20 heavy (non-hydrogen) atoms. The second-order valence-electron chi connectivity index (χ2n) is 4.31. The van der Waals surface area contributed by atoms with Crippen LogP contribution in [0.5, 0.6) is 5.75 Å². The zero-order chi connectivity index (χ0) is 14.7. The topological polar surface area (TPSA) is 77.3 Å². The maximum atomic E-state index is 11.0. The Labute approximate surface area is 120 Å². The predicted octanol–water partition coefficient (Wildman–Crippen LogP) is 3.54. The number of rotatable bonds is 5. The molecule has 2 rings (SSSR count). The van der Waals surface area contributed by atoms with Gasteiger partial charge in [0.25, 0.3) is 0 Å². The molecule has 0 fully saturated rings. The summed E-state index contributed by atoms with van der Waals surface area (Å²) in [6.45, 7) is 3.94. The van der Waals surface area contributed by atoms with Crippen LogP contribution in [0.2, 0.25) is 0 Å². The quantitative estimate of drug-likeness (QED) is 0.674. The molecule has 0 amide bonds. The summed E-state index contributed by atoms with van der Waals surface area (Å²) < 4.78 is 4.98. The second kappa shape index (κ2) is 5.87. The van der Waals surface area contributed by atoms with Crippen LogP contribution in [0.4, 0.5) is 11.4 Å². The number of anilines is 1. The summed E-state index contributed by atoms with van der Waals surface area (Å²) in [4.78, 5) is 15.9. The van der Waals surface area contributed by atoms with Crippen molar-refractivity contribution in [3.05, 3.63) is 44.4 Å². The van der Waals surface area contributed by atoms with E-state index in [4.69, 9.17) is 4.74 Å². The SMILES string of the molecule is COc1ccc(NC(C)c2scnc2C)cc1[N+](=O)[O-]. The van der Waals surface area contributed by atoms with Crippen LogP contribution in [0, 0.1) is 17.0 Å². The van der Waals surface area contributed by atoms with Crippen molar-refractivity contribution in [1.82, 2.24) is 4.98 Å². The highest BCUT2D eigenvalue weighted by Crippen LogP contribution is 2.32.